The molecule has 0 aliphatic carbocycles. The van der Waals surface area contributed by atoms with E-state index in [0.29, 0.717) is 16.3 Å². The number of hydrazine groups is 1. The number of phenols is 1. The van der Waals surface area contributed by atoms with Crippen LogP contribution < -0.4 is 10.4 Å². The van der Waals surface area contributed by atoms with Gasteiger partial charge in [-0.1, -0.05) is 41.4 Å². The van der Waals surface area contributed by atoms with E-state index in [1.165, 1.54) is 24.3 Å². The number of carbonyl (C=O) groups excluding carboxylic acids is 2. The fourth-order valence-corrected chi connectivity index (χ4v) is 2.42. The monoisotopic (exact) mass is 348 g/mol. The highest BCUT2D eigenvalue weighted by atomic mass is 35.5. The Morgan fingerprint density at radius 3 is 2.48 bits per heavy atom. The molecule has 5 nitrogen and oxygen atoms in total. The van der Waals surface area contributed by atoms with Gasteiger partial charge in [0, 0.05) is 5.56 Å². The highest BCUT2D eigenvalue weighted by Gasteiger charge is 2.34. The molecule has 1 aliphatic rings. The number of para-hydroxylation sites is 1. The van der Waals surface area contributed by atoms with E-state index in [-0.39, 0.29) is 16.3 Å². The third-order valence-electron chi connectivity index (χ3n) is 3.29. The van der Waals surface area contributed by atoms with Crippen LogP contribution in [0.2, 0.25) is 10.0 Å². The van der Waals surface area contributed by atoms with Crippen molar-refractivity contribution >= 4 is 46.8 Å². The second-order valence-corrected chi connectivity index (χ2v) is 5.61. The summed E-state index contributed by atoms with van der Waals surface area (Å²) in [5.74, 6) is -1.13. The molecule has 0 aromatic heterocycles. The van der Waals surface area contributed by atoms with Crippen LogP contribution in [0.5, 0.6) is 5.75 Å². The van der Waals surface area contributed by atoms with Crippen LogP contribution in [-0.4, -0.2) is 16.9 Å². The van der Waals surface area contributed by atoms with Crippen LogP contribution in [0.15, 0.2) is 48.0 Å². The number of halogens is 2. The lowest BCUT2D eigenvalue weighted by Gasteiger charge is -2.15. The maximum absolute atomic E-state index is 12.4. The summed E-state index contributed by atoms with van der Waals surface area (Å²) in [4.78, 5) is 24.5. The molecule has 0 unspecified atom stereocenters. The molecule has 1 aliphatic heterocycles. The Morgan fingerprint density at radius 2 is 1.78 bits per heavy atom. The topological polar surface area (TPSA) is 69.6 Å². The molecule has 23 heavy (non-hydrogen) atoms. The number of hydrogen-bond donors (Lipinski definition) is 2. The lowest BCUT2D eigenvalue weighted by molar-refractivity contribution is -0.117. The molecule has 2 amide bonds. The molecule has 116 valence electrons. The van der Waals surface area contributed by atoms with Crippen molar-refractivity contribution in [1.82, 2.24) is 5.43 Å². The molecule has 0 bridgehead atoms. The van der Waals surface area contributed by atoms with Gasteiger partial charge in [0.05, 0.1) is 15.7 Å². The minimum Gasteiger partial charge on any atom is -0.507 e. The first-order valence-electron chi connectivity index (χ1n) is 6.57. The van der Waals surface area contributed by atoms with Crippen LogP contribution in [0.3, 0.4) is 0 Å². The van der Waals surface area contributed by atoms with Crippen molar-refractivity contribution in [2.75, 3.05) is 5.01 Å². The van der Waals surface area contributed by atoms with Crippen LogP contribution >= 0.6 is 23.2 Å². The zero-order valence-electron chi connectivity index (χ0n) is 11.6. The highest BCUT2D eigenvalue weighted by molar-refractivity contribution is 6.42. The third kappa shape index (κ3) is 2.88. The summed E-state index contributed by atoms with van der Waals surface area (Å²) in [5.41, 5.74) is 3.13. The van der Waals surface area contributed by atoms with Gasteiger partial charge in [-0.25, -0.2) is 5.01 Å². The predicted molar refractivity (Wildman–Crippen MR) is 88.2 cm³/mol. The van der Waals surface area contributed by atoms with Gasteiger partial charge in [0.1, 0.15) is 11.3 Å². The van der Waals surface area contributed by atoms with Gasteiger partial charge in [-0.2, -0.15) is 0 Å². The average molecular weight is 349 g/mol. The summed E-state index contributed by atoms with van der Waals surface area (Å²) in [6, 6.07) is 11.0. The van der Waals surface area contributed by atoms with Crippen molar-refractivity contribution in [3.05, 3.63) is 63.6 Å². The molecule has 3 rings (SSSR count). The van der Waals surface area contributed by atoms with Crippen molar-refractivity contribution in [3.8, 4) is 5.75 Å². The average Bonchev–Trinajstić information content (AvgIpc) is 2.80. The van der Waals surface area contributed by atoms with Crippen molar-refractivity contribution in [2.45, 2.75) is 0 Å². The number of anilines is 1. The van der Waals surface area contributed by atoms with Crippen molar-refractivity contribution in [2.24, 2.45) is 0 Å². The molecule has 7 heteroatoms. The van der Waals surface area contributed by atoms with E-state index in [1.54, 1.807) is 24.3 Å². The Labute approximate surface area is 141 Å². The fraction of sp³-hybridized carbons (Fsp3) is 0. The van der Waals surface area contributed by atoms with E-state index in [4.69, 9.17) is 23.2 Å². The Kier molecular flexibility index (Phi) is 3.98. The summed E-state index contributed by atoms with van der Waals surface area (Å²) in [5, 5.41) is 11.5. The number of amides is 2. The zero-order chi connectivity index (χ0) is 16.6. The van der Waals surface area contributed by atoms with Crippen LogP contribution in [0, 0.1) is 0 Å². The molecule has 2 aromatic rings. The van der Waals surface area contributed by atoms with E-state index in [2.05, 4.69) is 5.43 Å². The second-order valence-electron chi connectivity index (χ2n) is 4.80. The molecule has 1 fully saturated rings. The third-order valence-corrected chi connectivity index (χ3v) is 4.03. The van der Waals surface area contributed by atoms with Gasteiger partial charge in [0.2, 0.25) is 0 Å². The molecule has 0 atom stereocenters. The normalized spacial score (nSPS) is 16.1. The molecule has 0 spiro atoms. The molecule has 0 radical (unpaired) electrons. The van der Waals surface area contributed by atoms with Crippen LogP contribution in [-0.2, 0) is 9.59 Å². The summed E-state index contributed by atoms with van der Waals surface area (Å²) in [7, 11) is 0. The maximum atomic E-state index is 12.4. The first-order chi connectivity index (χ1) is 11.0. The number of benzene rings is 2. The van der Waals surface area contributed by atoms with E-state index in [0.717, 1.165) is 5.01 Å². The van der Waals surface area contributed by atoms with Gasteiger partial charge in [-0.15, -0.1) is 0 Å². The highest BCUT2D eigenvalue weighted by Crippen LogP contribution is 2.29. The number of aromatic hydroxyl groups is 1. The summed E-state index contributed by atoms with van der Waals surface area (Å²) in [6.07, 6.45) is 1.34. The van der Waals surface area contributed by atoms with Crippen LogP contribution in [0.4, 0.5) is 5.69 Å². The summed E-state index contributed by atoms with van der Waals surface area (Å²) < 4.78 is 0. The van der Waals surface area contributed by atoms with Crippen molar-refractivity contribution < 1.29 is 14.7 Å². The molecule has 2 N–H and O–H groups in total. The fourth-order valence-electron chi connectivity index (χ4n) is 2.13. The number of rotatable bonds is 2. The van der Waals surface area contributed by atoms with Crippen molar-refractivity contribution in [1.29, 1.82) is 0 Å². The smallest absolute Gasteiger partial charge is 0.282 e. The number of carbonyl (C=O) groups is 2. The van der Waals surface area contributed by atoms with Crippen molar-refractivity contribution in [3.63, 3.8) is 0 Å². The lowest BCUT2D eigenvalue weighted by Crippen LogP contribution is -2.35. The van der Waals surface area contributed by atoms with E-state index in [9.17, 15) is 14.7 Å². The Morgan fingerprint density at radius 1 is 1.04 bits per heavy atom. The van der Waals surface area contributed by atoms with Gasteiger partial charge in [-0.05, 0) is 30.3 Å². The Bertz CT molecular complexity index is 849. The number of hydrogen-bond acceptors (Lipinski definition) is 3. The van der Waals surface area contributed by atoms with Crippen LogP contribution in [0.1, 0.15) is 5.56 Å². The molecule has 0 saturated carbocycles. The van der Waals surface area contributed by atoms with Gasteiger partial charge in [-0.3, -0.25) is 15.0 Å². The van der Waals surface area contributed by atoms with Gasteiger partial charge >= 0.3 is 0 Å². The summed E-state index contributed by atoms with van der Waals surface area (Å²) >= 11 is 11.8. The minimum atomic E-state index is -0.565. The van der Waals surface area contributed by atoms with Crippen LogP contribution in [0.25, 0.3) is 6.08 Å². The van der Waals surface area contributed by atoms with E-state index in [1.807, 2.05) is 0 Å². The zero-order valence-corrected chi connectivity index (χ0v) is 13.1. The molecular weight excluding hydrogens is 339 g/mol. The standard InChI is InChI=1S/C16H10Cl2N2O3/c17-12-6-5-10(8-13(12)18)20-16(23)11(15(22)19-20)7-9-3-1-2-4-14(9)21/h1-8,21H,(H,19,22)/b11-7-. The first-order valence-corrected chi connectivity index (χ1v) is 7.33. The maximum Gasteiger partial charge on any atom is 0.282 e. The first kappa shape index (κ1) is 15.4. The van der Waals surface area contributed by atoms with E-state index < -0.39 is 11.8 Å². The molecule has 1 saturated heterocycles. The largest absolute Gasteiger partial charge is 0.507 e. The van der Waals surface area contributed by atoms with Gasteiger partial charge < -0.3 is 5.11 Å². The Hall–Kier alpha value is -2.50. The van der Waals surface area contributed by atoms with Gasteiger partial charge in [0.15, 0.2) is 0 Å². The number of phenolic OH excluding ortho intramolecular Hbond substituents is 1. The number of nitrogens with zero attached hydrogens (tertiary/aromatic N) is 1. The molecule has 1 heterocycles. The summed E-state index contributed by atoms with van der Waals surface area (Å²) in [6.45, 7) is 0. The second kappa shape index (κ2) is 5.95. The molecule has 2 aromatic carbocycles. The van der Waals surface area contributed by atoms with Gasteiger partial charge in [0.25, 0.3) is 11.8 Å². The predicted octanol–water partition coefficient (Wildman–Crippen LogP) is 3.16. The lowest BCUT2D eigenvalue weighted by atomic mass is 10.1. The molecular formula is C16H10Cl2N2O3. The quantitative estimate of drug-likeness (QED) is 0.646. The SMILES string of the molecule is O=C1NN(c2ccc(Cl)c(Cl)c2)C(=O)/C1=C\c1ccccc1O. The minimum absolute atomic E-state index is 0.0198. The van der Waals surface area contributed by atoms with E-state index >= 15 is 0 Å². The Balaban J connectivity index is 1.97. The number of nitrogens with one attached hydrogen (secondary N) is 1.